The molecule has 0 fully saturated rings. The monoisotopic (exact) mass is 270 g/mol. The summed E-state index contributed by atoms with van der Waals surface area (Å²) >= 11 is 17.0. The smallest absolute Gasteiger partial charge is 0.132 e. The highest BCUT2D eigenvalue weighted by Gasteiger charge is 2.06. The second kappa shape index (κ2) is 4.53. The maximum Gasteiger partial charge on any atom is 0.132 e. The van der Waals surface area contributed by atoms with Crippen LogP contribution in [0.5, 0.6) is 0 Å². The molecule has 0 aliphatic heterocycles. The summed E-state index contributed by atoms with van der Waals surface area (Å²) in [5.41, 5.74) is 2.71. The molecule has 0 amide bonds. The van der Waals surface area contributed by atoms with E-state index in [9.17, 15) is 0 Å². The summed E-state index contributed by atoms with van der Waals surface area (Å²) in [6.45, 7) is 1.91. The Hall–Kier alpha value is -0.900. The Bertz CT molecular complexity index is 573. The second-order valence-electron chi connectivity index (χ2n) is 3.37. The van der Waals surface area contributed by atoms with Crippen LogP contribution in [0.2, 0.25) is 10.0 Å². The summed E-state index contributed by atoms with van der Waals surface area (Å²) in [4.78, 5) is 7.06. The molecule has 0 bridgehead atoms. The van der Waals surface area contributed by atoms with Gasteiger partial charge >= 0.3 is 0 Å². The standard InChI is InChI=1S/C11H8Cl2N2S/c1-6-10(14-5-15-11(6)16)7-2-8(12)4-9(13)3-7/h2-5H,1H3,(H,14,15,16). The molecule has 0 atom stereocenters. The molecule has 2 nitrogen and oxygen atoms in total. The number of halogens is 2. The molecule has 1 aromatic carbocycles. The van der Waals surface area contributed by atoms with Crippen LogP contribution < -0.4 is 0 Å². The minimum absolute atomic E-state index is 0.574. The zero-order valence-electron chi connectivity index (χ0n) is 8.42. The number of hydrogen-bond donors (Lipinski definition) is 1. The minimum Gasteiger partial charge on any atom is -0.346 e. The summed E-state index contributed by atoms with van der Waals surface area (Å²) < 4.78 is 0.574. The van der Waals surface area contributed by atoms with Crippen molar-refractivity contribution in [1.82, 2.24) is 9.97 Å². The van der Waals surface area contributed by atoms with Gasteiger partial charge in [0.05, 0.1) is 12.0 Å². The van der Waals surface area contributed by atoms with Gasteiger partial charge in [0.1, 0.15) is 4.64 Å². The first-order valence-corrected chi connectivity index (χ1v) is 5.75. The average molecular weight is 271 g/mol. The lowest BCUT2D eigenvalue weighted by Crippen LogP contribution is -1.91. The van der Waals surface area contributed by atoms with Gasteiger partial charge in [-0.05, 0) is 25.1 Å². The van der Waals surface area contributed by atoms with E-state index in [2.05, 4.69) is 9.97 Å². The van der Waals surface area contributed by atoms with Gasteiger partial charge in [-0.2, -0.15) is 0 Å². The third kappa shape index (κ3) is 2.26. The summed E-state index contributed by atoms with van der Waals surface area (Å²) in [6, 6.07) is 5.36. The van der Waals surface area contributed by atoms with E-state index >= 15 is 0 Å². The van der Waals surface area contributed by atoms with Gasteiger partial charge in [-0.3, -0.25) is 0 Å². The van der Waals surface area contributed by atoms with Crippen molar-refractivity contribution in [2.75, 3.05) is 0 Å². The van der Waals surface area contributed by atoms with E-state index < -0.39 is 0 Å². The lowest BCUT2D eigenvalue weighted by Gasteiger charge is -2.06. The number of rotatable bonds is 1. The van der Waals surface area contributed by atoms with Gasteiger partial charge in [-0.25, -0.2) is 4.98 Å². The highest BCUT2D eigenvalue weighted by molar-refractivity contribution is 7.71. The molecule has 0 saturated carbocycles. The van der Waals surface area contributed by atoms with Crippen molar-refractivity contribution in [2.45, 2.75) is 6.92 Å². The topological polar surface area (TPSA) is 28.7 Å². The maximum absolute atomic E-state index is 5.95. The average Bonchev–Trinajstić information content (AvgIpc) is 2.20. The van der Waals surface area contributed by atoms with E-state index in [0.717, 1.165) is 16.8 Å². The molecule has 1 N–H and O–H groups in total. The lowest BCUT2D eigenvalue weighted by atomic mass is 10.1. The molecule has 0 aliphatic carbocycles. The lowest BCUT2D eigenvalue weighted by molar-refractivity contribution is 1.12. The van der Waals surface area contributed by atoms with Crippen LogP contribution in [-0.2, 0) is 0 Å². The van der Waals surface area contributed by atoms with Crippen molar-refractivity contribution in [2.24, 2.45) is 0 Å². The molecule has 16 heavy (non-hydrogen) atoms. The number of benzene rings is 1. The van der Waals surface area contributed by atoms with Crippen molar-refractivity contribution < 1.29 is 0 Å². The van der Waals surface area contributed by atoms with Crippen LogP contribution in [0.4, 0.5) is 0 Å². The van der Waals surface area contributed by atoms with E-state index in [1.807, 2.05) is 19.1 Å². The summed E-state index contributed by atoms with van der Waals surface area (Å²) in [5.74, 6) is 0. The van der Waals surface area contributed by atoms with E-state index in [0.29, 0.717) is 14.7 Å². The Kier molecular flexibility index (Phi) is 3.28. The zero-order valence-corrected chi connectivity index (χ0v) is 10.7. The largest absolute Gasteiger partial charge is 0.346 e. The Balaban J connectivity index is 2.67. The molecule has 2 aromatic rings. The molecule has 0 aliphatic rings. The Morgan fingerprint density at radius 3 is 2.44 bits per heavy atom. The van der Waals surface area contributed by atoms with Crippen LogP contribution in [-0.4, -0.2) is 9.97 Å². The first-order chi connectivity index (χ1) is 7.58. The summed E-state index contributed by atoms with van der Waals surface area (Å²) in [7, 11) is 0. The number of nitrogens with zero attached hydrogens (tertiary/aromatic N) is 1. The van der Waals surface area contributed by atoms with E-state index in [-0.39, 0.29) is 0 Å². The van der Waals surface area contributed by atoms with Gasteiger partial charge in [0.15, 0.2) is 0 Å². The molecule has 0 radical (unpaired) electrons. The van der Waals surface area contributed by atoms with Crippen LogP contribution in [0, 0.1) is 11.6 Å². The van der Waals surface area contributed by atoms with Gasteiger partial charge in [0, 0.05) is 21.2 Å². The number of aromatic amines is 1. The van der Waals surface area contributed by atoms with Crippen LogP contribution in [0.3, 0.4) is 0 Å². The van der Waals surface area contributed by atoms with Crippen LogP contribution >= 0.6 is 35.4 Å². The fraction of sp³-hybridized carbons (Fsp3) is 0.0909. The number of aromatic nitrogens is 2. The van der Waals surface area contributed by atoms with Gasteiger partial charge < -0.3 is 4.98 Å². The van der Waals surface area contributed by atoms with E-state index in [1.165, 1.54) is 0 Å². The van der Waals surface area contributed by atoms with Crippen molar-refractivity contribution >= 4 is 35.4 Å². The van der Waals surface area contributed by atoms with Gasteiger partial charge in [0.25, 0.3) is 0 Å². The van der Waals surface area contributed by atoms with Crippen molar-refractivity contribution in [3.05, 3.63) is 44.8 Å². The summed E-state index contributed by atoms with van der Waals surface area (Å²) in [5, 5.41) is 1.19. The molecule has 0 unspecified atom stereocenters. The predicted molar refractivity (Wildman–Crippen MR) is 69.6 cm³/mol. The molecule has 5 heteroatoms. The molecular weight excluding hydrogens is 263 g/mol. The predicted octanol–water partition coefficient (Wildman–Crippen LogP) is 4.42. The third-order valence-electron chi connectivity index (χ3n) is 2.24. The number of H-pyrrole nitrogens is 1. The fourth-order valence-corrected chi connectivity index (χ4v) is 2.15. The van der Waals surface area contributed by atoms with Gasteiger partial charge in [-0.1, -0.05) is 35.4 Å². The molecule has 0 saturated heterocycles. The maximum atomic E-state index is 5.95. The molecule has 2 rings (SSSR count). The number of nitrogens with one attached hydrogen (secondary N) is 1. The van der Waals surface area contributed by atoms with Crippen molar-refractivity contribution in [3.8, 4) is 11.3 Å². The van der Waals surface area contributed by atoms with Crippen LogP contribution in [0.15, 0.2) is 24.5 Å². The Morgan fingerprint density at radius 2 is 1.81 bits per heavy atom. The SMILES string of the molecule is Cc1c(-c2cc(Cl)cc(Cl)c2)[nH]cnc1=S. The molecule has 82 valence electrons. The quantitative estimate of drug-likeness (QED) is 0.778. The number of hydrogen-bond acceptors (Lipinski definition) is 2. The molecule has 0 spiro atoms. The Labute approximate surface area is 108 Å². The molecule has 1 aromatic heterocycles. The van der Waals surface area contributed by atoms with Crippen molar-refractivity contribution in [3.63, 3.8) is 0 Å². The minimum atomic E-state index is 0.574. The third-order valence-corrected chi connectivity index (χ3v) is 3.09. The van der Waals surface area contributed by atoms with Gasteiger partial charge in [-0.15, -0.1) is 0 Å². The van der Waals surface area contributed by atoms with E-state index in [1.54, 1.807) is 12.4 Å². The molecule has 1 heterocycles. The van der Waals surface area contributed by atoms with Gasteiger partial charge in [0.2, 0.25) is 0 Å². The fourth-order valence-electron chi connectivity index (χ4n) is 1.47. The Morgan fingerprint density at radius 1 is 1.19 bits per heavy atom. The first-order valence-electron chi connectivity index (χ1n) is 4.58. The zero-order chi connectivity index (χ0) is 11.7. The highest BCUT2D eigenvalue weighted by Crippen LogP contribution is 2.27. The highest BCUT2D eigenvalue weighted by atomic mass is 35.5. The summed E-state index contributed by atoms with van der Waals surface area (Å²) in [6.07, 6.45) is 1.57. The normalized spacial score (nSPS) is 10.4. The van der Waals surface area contributed by atoms with Crippen LogP contribution in [0.1, 0.15) is 5.56 Å². The second-order valence-corrected chi connectivity index (χ2v) is 4.63. The van der Waals surface area contributed by atoms with Crippen molar-refractivity contribution in [1.29, 1.82) is 0 Å². The van der Waals surface area contributed by atoms with E-state index in [4.69, 9.17) is 35.4 Å². The van der Waals surface area contributed by atoms with Crippen LogP contribution in [0.25, 0.3) is 11.3 Å². The first kappa shape index (κ1) is 11.6. The molecular formula is C11H8Cl2N2S.